The zero-order chi connectivity index (χ0) is 61.4. The maximum Gasteiger partial charge on any atom is 0.326 e. The van der Waals surface area contributed by atoms with E-state index in [0.29, 0.717) is 5.56 Å². The van der Waals surface area contributed by atoms with Gasteiger partial charge in [-0.25, -0.2) is 4.79 Å². The summed E-state index contributed by atoms with van der Waals surface area (Å²) in [6.07, 6.45) is -3.79. The second-order valence-electron chi connectivity index (χ2n) is 20.7. The standard InChI is InChI=1S/C51H77N11O19/c1-24(2)17-30(43(72)54-29(51(80)81)14-15-37(53)64)56-45(74)32(19-27-11-8-7-9-12-27)58-48(77)35(23-63)60-49(78)36-13-10-16-62(36)50(79)41(26(5)6)61-47(76)34(22-40(69)70)59-44(73)31(18-25(3)4)57-46(75)33(21-39(67)68)55-42(71)28(52)20-38(65)66/h7-9,11-12,24-26,28-36,41,63H,10,13-23,52H2,1-6H3,(H2,53,64)(H,54,72)(H,55,71)(H,56,74)(H,57,75)(H,58,77)(H,59,73)(H,60,78)(H,61,76)(H,65,66)(H,67,68)(H,69,70)(H,80,81)/t28-,29-,30-,31-,32-,33-,34-,35-,36-,41-/m0/s1. The number of nitrogens with two attached hydrogens (primary N) is 2. The first-order valence-electron chi connectivity index (χ1n) is 26.2. The van der Waals surface area contributed by atoms with Crippen LogP contribution >= 0.6 is 0 Å². The van der Waals surface area contributed by atoms with Crippen LogP contribution in [-0.2, 0) is 73.5 Å². The van der Waals surface area contributed by atoms with Gasteiger partial charge in [0, 0.05) is 19.4 Å². The number of hydrogen-bond acceptors (Lipinski definition) is 16. The Kier molecular flexibility index (Phi) is 28.3. The van der Waals surface area contributed by atoms with Crippen LogP contribution < -0.4 is 54.0 Å². The number of carboxylic acids is 4. The van der Waals surface area contributed by atoms with Crippen LogP contribution in [-0.4, -0.2) is 187 Å². The first-order chi connectivity index (χ1) is 37.8. The minimum absolute atomic E-state index is 0.000248. The van der Waals surface area contributed by atoms with Crippen LogP contribution in [0.5, 0.6) is 0 Å². The molecule has 30 heteroatoms. The minimum Gasteiger partial charge on any atom is -0.481 e. The predicted molar refractivity (Wildman–Crippen MR) is 282 cm³/mol. The van der Waals surface area contributed by atoms with Crippen molar-refractivity contribution in [1.29, 1.82) is 0 Å². The second-order valence-corrected chi connectivity index (χ2v) is 20.7. The lowest BCUT2D eigenvalue weighted by Gasteiger charge is -2.32. The Balaban J connectivity index is 2.35. The molecule has 0 unspecified atom stereocenters. The lowest BCUT2D eigenvalue weighted by Crippen LogP contribution is -2.61. The third-order valence-corrected chi connectivity index (χ3v) is 12.5. The Labute approximate surface area is 466 Å². The third kappa shape index (κ3) is 23.9. The number of aliphatic carboxylic acids is 4. The molecule has 0 radical (unpaired) electrons. The molecule has 0 spiro atoms. The highest BCUT2D eigenvalue weighted by atomic mass is 16.4. The molecule has 0 aromatic heterocycles. The topological polar surface area (TPSA) is 492 Å². The number of carbonyl (C=O) groups excluding carboxylic acids is 10. The molecular formula is C51H77N11O19. The van der Waals surface area contributed by atoms with E-state index < -0.39 is 175 Å². The van der Waals surface area contributed by atoms with Gasteiger partial charge in [0.15, 0.2) is 0 Å². The molecule has 1 saturated heterocycles. The highest BCUT2D eigenvalue weighted by Gasteiger charge is 2.42. The highest BCUT2D eigenvalue weighted by molar-refractivity contribution is 6.00. The van der Waals surface area contributed by atoms with Crippen LogP contribution in [0.2, 0.25) is 0 Å². The number of benzene rings is 1. The van der Waals surface area contributed by atoms with Crippen molar-refractivity contribution in [2.75, 3.05) is 13.2 Å². The molecule has 81 heavy (non-hydrogen) atoms. The average Bonchev–Trinajstić information content (AvgIpc) is 3.90. The molecule has 1 aliphatic rings. The van der Waals surface area contributed by atoms with E-state index in [-0.39, 0.29) is 63.3 Å². The van der Waals surface area contributed by atoms with Crippen molar-refractivity contribution in [2.45, 2.75) is 166 Å². The molecule has 10 atom stereocenters. The molecule has 450 valence electrons. The molecule has 1 fully saturated rings. The van der Waals surface area contributed by atoms with E-state index in [9.17, 15) is 87.5 Å². The van der Waals surface area contributed by atoms with E-state index in [1.165, 1.54) is 13.8 Å². The zero-order valence-corrected chi connectivity index (χ0v) is 45.9. The molecule has 30 nitrogen and oxygen atoms in total. The Morgan fingerprint density at radius 3 is 1.44 bits per heavy atom. The highest BCUT2D eigenvalue weighted by Crippen LogP contribution is 2.21. The van der Waals surface area contributed by atoms with Crippen molar-refractivity contribution in [2.24, 2.45) is 29.2 Å². The number of hydrogen-bond donors (Lipinski definition) is 15. The Morgan fingerprint density at radius 1 is 0.556 bits per heavy atom. The number of nitrogens with one attached hydrogen (secondary N) is 8. The van der Waals surface area contributed by atoms with Gasteiger partial charge < -0.3 is 84.4 Å². The summed E-state index contributed by atoms with van der Waals surface area (Å²) in [6.45, 7) is 8.65. The van der Waals surface area contributed by atoms with Crippen molar-refractivity contribution < 1.29 is 92.7 Å². The molecule has 10 amide bonds. The van der Waals surface area contributed by atoms with E-state index in [1.54, 1.807) is 58.0 Å². The van der Waals surface area contributed by atoms with Gasteiger partial charge in [-0.15, -0.1) is 0 Å². The largest absolute Gasteiger partial charge is 0.481 e. The first kappa shape index (κ1) is 68.8. The van der Waals surface area contributed by atoms with Crippen molar-refractivity contribution in [3.63, 3.8) is 0 Å². The molecule has 17 N–H and O–H groups in total. The number of aliphatic hydroxyl groups is 1. The van der Waals surface area contributed by atoms with E-state index in [1.807, 2.05) is 5.32 Å². The lowest BCUT2D eigenvalue weighted by atomic mass is 10.00. The summed E-state index contributed by atoms with van der Waals surface area (Å²) in [5.41, 5.74) is 11.3. The van der Waals surface area contributed by atoms with Crippen LogP contribution in [0.4, 0.5) is 0 Å². The van der Waals surface area contributed by atoms with Crippen LogP contribution in [0.1, 0.15) is 105 Å². The first-order valence-corrected chi connectivity index (χ1v) is 26.2. The molecule has 0 aliphatic carbocycles. The Bertz CT molecular complexity index is 2440. The molecule has 1 heterocycles. The van der Waals surface area contributed by atoms with Gasteiger partial charge in [0.1, 0.15) is 54.4 Å². The van der Waals surface area contributed by atoms with Gasteiger partial charge >= 0.3 is 23.9 Å². The summed E-state index contributed by atoms with van der Waals surface area (Å²) in [7, 11) is 0. The van der Waals surface area contributed by atoms with Gasteiger partial charge in [-0.05, 0) is 55.4 Å². The third-order valence-electron chi connectivity index (χ3n) is 12.5. The number of likely N-dealkylation sites (tertiary alicyclic amines) is 1. The smallest absolute Gasteiger partial charge is 0.326 e. The van der Waals surface area contributed by atoms with E-state index >= 15 is 0 Å². The number of amides is 10. The van der Waals surface area contributed by atoms with Crippen molar-refractivity contribution >= 4 is 82.9 Å². The second kappa shape index (κ2) is 33.3. The number of nitrogens with zero attached hydrogens (tertiary/aromatic N) is 1. The molecule has 1 aromatic carbocycles. The van der Waals surface area contributed by atoms with Gasteiger partial charge in [0.25, 0.3) is 0 Å². The number of carboxylic acid groups (broad SMARTS) is 4. The number of rotatable bonds is 35. The summed E-state index contributed by atoms with van der Waals surface area (Å²) in [4.78, 5) is 183. The number of carbonyl (C=O) groups is 14. The predicted octanol–water partition coefficient (Wildman–Crippen LogP) is -4.06. The van der Waals surface area contributed by atoms with Gasteiger partial charge in [-0.3, -0.25) is 62.3 Å². The minimum atomic E-state index is -1.92. The van der Waals surface area contributed by atoms with Crippen LogP contribution in [0.15, 0.2) is 30.3 Å². The quantitative estimate of drug-likeness (QED) is 0.0307. The Morgan fingerprint density at radius 2 is 0.988 bits per heavy atom. The summed E-state index contributed by atoms with van der Waals surface area (Å²) in [5, 5.41) is 67.1. The average molecular weight is 1150 g/mol. The fourth-order valence-corrected chi connectivity index (χ4v) is 8.41. The Hall–Kier alpha value is -8.28. The van der Waals surface area contributed by atoms with Crippen LogP contribution in [0, 0.1) is 17.8 Å². The van der Waals surface area contributed by atoms with Crippen molar-refractivity contribution in [3.05, 3.63) is 35.9 Å². The summed E-state index contributed by atoms with van der Waals surface area (Å²) >= 11 is 0. The molecule has 1 aromatic rings. The SMILES string of the molecule is CC(C)C[C@H](NC(=O)[C@H](Cc1ccccc1)NC(=O)[C@H](CO)NC(=O)[C@@H]1CCCN1C(=O)[C@@H](NC(=O)[C@H](CC(=O)O)NC(=O)[C@H](CC(C)C)NC(=O)[C@H](CC(=O)O)NC(=O)[C@@H](N)CC(=O)O)C(C)C)C(=O)N[C@@H](CCC(N)=O)C(=O)O. The zero-order valence-electron chi connectivity index (χ0n) is 45.9. The molecule has 1 aliphatic heterocycles. The maximum absolute atomic E-state index is 14.3. The van der Waals surface area contributed by atoms with Crippen LogP contribution in [0.3, 0.4) is 0 Å². The number of primary amides is 1. The summed E-state index contributed by atoms with van der Waals surface area (Å²) in [5.74, 6) is -17.7. The fourth-order valence-electron chi connectivity index (χ4n) is 8.41. The normalized spacial score (nSPS) is 16.4. The fraction of sp³-hybridized carbons (Fsp3) is 0.608. The summed E-state index contributed by atoms with van der Waals surface area (Å²) < 4.78 is 0. The van der Waals surface area contributed by atoms with Crippen LogP contribution in [0.25, 0.3) is 0 Å². The van der Waals surface area contributed by atoms with E-state index in [2.05, 4.69) is 37.2 Å². The van der Waals surface area contributed by atoms with Gasteiger partial charge in [0.05, 0.1) is 31.9 Å². The molecule has 2 rings (SSSR count). The number of aliphatic hydroxyl groups excluding tert-OH is 1. The van der Waals surface area contributed by atoms with E-state index in [0.717, 1.165) is 4.90 Å². The molecular weight excluding hydrogens is 1070 g/mol. The van der Waals surface area contributed by atoms with Crippen molar-refractivity contribution in [1.82, 2.24) is 47.4 Å². The van der Waals surface area contributed by atoms with E-state index in [4.69, 9.17) is 16.6 Å². The van der Waals surface area contributed by atoms with Gasteiger partial charge in [-0.1, -0.05) is 71.9 Å². The van der Waals surface area contributed by atoms with Crippen molar-refractivity contribution in [3.8, 4) is 0 Å². The van der Waals surface area contributed by atoms with Gasteiger partial charge in [0.2, 0.25) is 59.1 Å². The monoisotopic (exact) mass is 1150 g/mol. The molecule has 0 bridgehead atoms. The molecule has 0 saturated carbocycles. The maximum atomic E-state index is 14.3. The van der Waals surface area contributed by atoms with Gasteiger partial charge in [-0.2, -0.15) is 0 Å². The lowest BCUT2D eigenvalue weighted by molar-refractivity contribution is -0.145. The summed E-state index contributed by atoms with van der Waals surface area (Å²) in [6, 6.07) is -7.69.